The van der Waals surface area contributed by atoms with Crippen LogP contribution in [0.1, 0.15) is 47.8 Å². The van der Waals surface area contributed by atoms with Gasteiger partial charge >= 0.3 is 6.18 Å². The molecule has 1 heterocycles. The van der Waals surface area contributed by atoms with Crippen molar-refractivity contribution in [3.05, 3.63) is 41.0 Å². The number of rotatable bonds is 1. The van der Waals surface area contributed by atoms with Crippen molar-refractivity contribution in [3.8, 4) is 17.4 Å². The third-order valence-electron chi connectivity index (χ3n) is 6.08. The molecule has 0 aliphatic heterocycles. The standard InChI is InChI=1S/C18H16F3NO2/c19-18(20,21)8-2-1-3-9(6-8)22-16(23)14-10-4-5-11(13-7-12(10)13)15(14)17(22)24/h1-3,6,10-13,23-24H,4-5,7H2. The van der Waals surface area contributed by atoms with Gasteiger partial charge in [-0.05, 0) is 61.1 Å². The normalized spacial score (nSPS) is 30.1. The second kappa shape index (κ2) is 4.29. The summed E-state index contributed by atoms with van der Waals surface area (Å²) in [6.07, 6.45) is -1.36. The molecule has 4 atom stereocenters. The Bertz CT molecular complexity index is 815. The van der Waals surface area contributed by atoms with Gasteiger partial charge in [-0.2, -0.15) is 13.2 Å². The van der Waals surface area contributed by atoms with Gasteiger partial charge in [-0.3, -0.25) is 4.57 Å². The third kappa shape index (κ3) is 1.69. The Morgan fingerprint density at radius 2 is 1.54 bits per heavy atom. The lowest BCUT2D eigenvalue weighted by Crippen LogP contribution is -2.22. The first-order valence-electron chi connectivity index (χ1n) is 8.22. The van der Waals surface area contributed by atoms with Crippen molar-refractivity contribution in [2.24, 2.45) is 11.8 Å². The number of aromatic nitrogens is 1. The van der Waals surface area contributed by atoms with Gasteiger partial charge in [0.15, 0.2) is 0 Å². The number of halogens is 3. The van der Waals surface area contributed by atoms with Crippen molar-refractivity contribution in [3.63, 3.8) is 0 Å². The van der Waals surface area contributed by atoms with Gasteiger partial charge in [0, 0.05) is 11.1 Å². The van der Waals surface area contributed by atoms with E-state index in [1.165, 1.54) is 16.7 Å². The first-order chi connectivity index (χ1) is 11.4. The number of alkyl halides is 3. The fourth-order valence-electron chi connectivity index (χ4n) is 5.04. The van der Waals surface area contributed by atoms with Gasteiger partial charge < -0.3 is 10.2 Å². The highest BCUT2D eigenvalue weighted by Gasteiger charge is 2.58. The van der Waals surface area contributed by atoms with E-state index >= 15 is 0 Å². The summed E-state index contributed by atoms with van der Waals surface area (Å²) in [5.41, 5.74) is 0.874. The number of fused-ring (bicyclic) bond motifs is 1. The summed E-state index contributed by atoms with van der Waals surface area (Å²) >= 11 is 0. The Kier molecular flexibility index (Phi) is 2.55. The van der Waals surface area contributed by atoms with E-state index in [0.29, 0.717) is 11.8 Å². The molecule has 0 amide bonds. The van der Waals surface area contributed by atoms with Crippen molar-refractivity contribution >= 4 is 0 Å². The number of nitrogens with zero attached hydrogens (tertiary/aromatic N) is 1. The van der Waals surface area contributed by atoms with Crippen LogP contribution in [0.25, 0.3) is 5.69 Å². The first-order valence-corrected chi connectivity index (χ1v) is 8.22. The van der Waals surface area contributed by atoms with Gasteiger partial charge in [0.05, 0.1) is 11.3 Å². The van der Waals surface area contributed by atoms with Gasteiger partial charge in [-0.1, -0.05) is 6.07 Å². The minimum absolute atomic E-state index is 0.0955. The van der Waals surface area contributed by atoms with Gasteiger partial charge in [-0.25, -0.2) is 0 Å². The lowest BCUT2D eigenvalue weighted by molar-refractivity contribution is -0.137. The molecule has 2 bridgehead atoms. The fourth-order valence-corrected chi connectivity index (χ4v) is 5.04. The zero-order valence-electron chi connectivity index (χ0n) is 12.7. The molecule has 0 radical (unpaired) electrons. The Hall–Kier alpha value is -2.11. The smallest absolute Gasteiger partial charge is 0.416 e. The molecule has 2 N–H and O–H groups in total. The molecule has 6 rings (SSSR count). The molecule has 2 fully saturated rings. The summed E-state index contributed by atoms with van der Waals surface area (Å²) in [6.45, 7) is 0. The maximum absolute atomic E-state index is 13.0. The van der Waals surface area contributed by atoms with Crippen molar-refractivity contribution < 1.29 is 23.4 Å². The fraction of sp³-hybridized carbons (Fsp3) is 0.444. The molecule has 126 valence electrons. The van der Waals surface area contributed by atoms with Crippen LogP contribution in [0.5, 0.6) is 11.8 Å². The SMILES string of the molecule is Oc1c2c(c(O)n1-c1cccc(C(F)(F)F)c1)C1CCC2C2CC12. The van der Waals surface area contributed by atoms with Crippen molar-refractivity contribution in [1.82, 2.24) is 4.57 Å². The van der Waals surface area contributed by atoms with Crippen LogP contribution in [0, 0.1) is 11.8 Å². The highest BCUT2D eigenvalue weighted by atomic mass is 19.4. The quantitative estimate of drug-likeness (QED) is 0.805. The van der Waals surface area contributed by atoms with Gasteiger partial charge in [0.1, 0.15) is 0 Å². The van der Waals surface area contributed by atoms with Crippen molar-refractivity contribution in [2.75, 3.05) is 0 Å². The molecule has 2 aromatic rings. The second-order valence-electron chi connectivity index (χ2n) is 7.21. The molecule has 4 unspecified atom stereocenters. The number of hydrogen-bond acceptors (Lipinski definition) is 2. The molecule has 0 saturated heterocycles. The molecular weight excluding hydrogens is 319 g/mol. The van der Waals surface area contributed by atoms with Crippen LogP contribution in [-0.4, -0.2) is 14.8 Å². The lowest BCUT2D eigenvalue weighted by atomic mass is 9.68. The van der Waals surface area contributed by atoms with E-state index < -0.39 is 11.7 Å². The molecule has 2 saturated carbocycles. The van der Waals surface area contributed by atoms with Gasteiger partial charge in [0.2, 0.25) is 11.8 Å². The Labute approximate surface area is 136 Å². The summed E-state index contributed by atoms with van der Waals surface area (Å²) in [6, 6.07) is 4.72. The third-order valence-corrected chi connectivity index (χ3v) is 6.08. The Balaban J connectivity index is 1.70. The molecule has 6 heteroatoms. The Morgan fingerprint density at radius 1 is 0.958 bits per heavy atom. The molecule has 24 heavy (non-hydrogen) atoms. The van der Waals surface area contributed by atoms with E-state index in [1.807, 2.05) is 0 Å². The van der Waals surface area contributed by atoms with E-state index in [2.05, 4.69) is 0 Å². The van der Waals surface area contributed by atoms with E-state index in [4.69, 9.17) is 0 Å². The lowest BCUT2D eigenvalue weighted by Gasteiger charge is -2.35. The summed E-state index contributed by atoms with van der Waals surface area (Å²) < 4.78 is 40.1. The van der Waals surface area contributed by atoms with Gasteiger partial charge in [-0.15, -0.1) is 0 Å². The van der Waals surface area contributed by atoms with E-state index in [-0.39, 0.29) is 29.3 Å². The summed E-state index contributed by atoms with van der Waals surface area (Å²) in [5.74, 6) is 1.41. The minimum Gasteiger partial charge on any atom is -0.494 e. The zero-order chi connectivity index (χ0) is 16.8. The molecule has 1 aromatic carbocycles. The maximum Gasteiger partial charge on any atom is 0.416 e. The van der Waals surface area contributed by atoms with Crippen LogP contribution in [0.3, 0.4) is 0 Å². The highest BCUT2D eigenvalue weighted by molar-refractivity contribution is 5.59. The van der Waals surface area contributed by atoms with Crippen LogP contribution in [-0.2, 0) is 6.18 Å². The number of aromatic hydroxyl groups is 2. The monoisotopic (exact) mass is 335 g/mol. The number of benzene rings is 1. The Morgan fingerprint density at radius 3 is 2.08 bits per heavy atom. The topological polar surface area (TPSA) is 45.4 Å². The zero-order valence-corrected chi connectivity index (χ0v) is 12.7. The van der Waals surface area contributed by atoms with E-state index in [1.54, 1.807) is 0 Å². The highest BCUT2D eigenvalue weighted by Crippen LogP contribution is 2.70. The van der Waals surface area contributed by atoms with E-state index in [0.717, 1.165) is 42.5 Å². The molecule has 1 aromatic heterocycles. The first kappa shape index (κ1) is 14.3. The predicted octanol–water partition coefficient (Wildman–Crippen LogP) is 4.52. The van der Waals surface area contributed by atoms with Crippen LogP contribution < -0.4 is 0 Å². The van der Waals surface area contributed by atoms with Gasteiger partial charge in [0.25, 0.3) is 0 Å². The summed E-state index contributed by atoms with van der Waals surface area (Å²) in [4.78, 5) is 0. The van der Waals surface area contributed by atoms with E-state index in [9.17, 15) is 23.4 Å². The predicted molar refractivity (Wildman–Crippen MR) is 80.4 cm³/mol. The number of hydrogen-bond donors (Lipinski definition) is 2. The largest absolute Gasteiger partial charge is 0.494 e. The molecule has 0 spiro atoms. The van der Waals surface area contributed by atoms with Crippen LogP contribution >= 0.6 is 0 Å². The second-order valence-corrected chi connectivity index (χ2v) is 7.21. The average Bonchev–Trinajstić information content (AvgIpc) is 3.31. The van der Waals surface area contributed by atoms with Crippen LogP contribution in [0.2, 0.25) is 0 Å². The van der Waals surface area contributed by atoms with Crippen LogP contribution in [0.15, 0.2) is 24.3 Å². The van der Waals surface area contributed by atoms with Crippen molar-refractivity contribution in [2.45, 2.75) is 37.3 Å². The summed E-state index contributed by atoms with van der Waals surface area (Å²) in [7, 11) is 0. The molecule has 3 nitrogen and oxygen atoms in total. The summed E-state index contributed by atoms with van der Waals surface area (Å²) in [5, 5.41) is 21.4. The molecule has 4 aliphatic carbocycles. The molecular formula is C18H16F3NO2. The maximum atomic E-state index is 13.0. The van der Waals surface area contributed by atoms with Crippen LogP contribution in [0.4, 0.5) is 13.2 Å². The minimum atomic E-state index is -4.46. The molecule has 4 aliphatic rings. The van der Waals surface area contributed by atoms with Crippen molar-refractivity contribution in [1.29, 1.82) is 0 Å². The average molecular weight is 335 g/mol.